The van der Waals surface area contributed by atoms with E-state index in [1.807, 2.05) is 18.2 Å². The van der Waals surface area contributed by atoms with Crippen LogP contribution in [0.1, 0.15) is 37.9 Å². The first-order valence-electron chi connectivity index (χ1n) is 7.56. The Kier molecular flexibility index (Phi) is 2.95. The molecule has 2 saturated heterocycles. The Morgan fingerprint density at radius 2 is 2.10 bits per heavy atom. The molecule has 2 fully saturated rings. The minimum absolute atomic E-state index is 0.126. The SMILES string of the molecule is CCC1=C[C@@H]2O[C@H](c3ccccc3)[C@@]3(OCCC[C@@H]13)O2. The predicted molar refractivity (Wildman–Crippen MR) is 74.9 cm³/mol. The Morgan fingerprint density at radius 3 is 2.90 bits per heavy atom. The van der Waals surface area contributed by atoms with Crippen molar-refractivity contribution in [2.24, 2.45) is 5.92 Å². The van der Waals surface area contributed by atoms with E-state index in [0.29, 0.717) is 5.92 Å². The van der Waals surface area contributed by atoms with Gasteiger partial charge in [0.15, 0.2) is 6.29 Å². The van der Waals surface area contributed by atoms with Crippen LogP contribution in [0, 0.1) is 5.92 Å². The third-order valence-electron chi connectivity index (χ3n) is 4.69. The molecule has 0 saturated carbocycles. The van der Waals surface area contributed by atoms with Gasteiger partial charge in [0.05, 0.1) is 6.61 Å². The van der Waals surface area contributed by atoms with Gasteiger partial charge in [0, 0.05) is 5.92 Å². The van der Waals surface area contributed by atoms with Gasteiger partial charge < -0.3 is 14.2 Å². The third-order valence-corrected chi connectivity index (χ3v) is 4.69. The van der Waals surface area contributed by atoms with Gasteiger partial charge in [-0.3, -0.25) is 0 Å². The Hall–Kier alpha value is -1.16. The minimum atomic E-state index is -0.607. The van der Waals surface area contributed by atoms with Crippen molar-refractivity contribution in [3.8, 4) is 0 Å². The van der Waals surface area contributed by atoms with Crippen molar-refractivity contribution in [3.63, 3.8) is 0 Å². The van der Waals surface area contributed by atoms with Crippen molar-refractivity contribution >= 4 is 0 Å². The highest BCUT2D eigenvalue weighted by Crippen LogP contribution is 2.55. The van der Waals surface area contributed by atoms with E-state index in [2.05, 4.69) is 25.1 Å². The van der Waals surface area contributed by atoms with E-state index in [1.54, 1.807) is 0 Å². The zero-order chi connectivity index (χ0) is 13.6. The van der Waals surface area contributed by atoms with Gasteiger partial charge >= 0.3 is 0 Å². The Labute approximate surface area is 119 Å². The molecule has 0 aromatic heterocycles. The van der Waals surface area contributed by atoms with Crippen LogP contribution in [0.2, 0.25) is 0 Å². The number of hydrogen-bond donors (Lipinski definition) is 0. The lowest BCUT2D eigenvalue weighted by atomic mass is 9.78. The highest BCUT2D eigenvalue weighted by Gasteiger charge is 2.60. The number of ether oxygens (including phenoxy) is 3. The highest BCUT2D eigenvalue weighted by atomic mass is 16.8. The summed E-state index contributed by atoms with van der Waals surface area (Å²) in [5.41, 5.74) is 2.58. The van der Waals surface area contributed by atoms with Crippen LogP contribution in [0.3, 0.4) is 0 Å². The molecular weight excluding hydrogens is 252 g/mol. The Morgan fingerprint density at radius 1 is 1.25 bits per heavy atom. The van der Waals surface area contributed by atoms with Crippen LogP contribution in [0.15, 0.2) is 42.0 Å². The highest BCUT2D eigenvalue weighted by molar-refractivity contribution is 5.28. The van der Waals surface area contributed by atoms with E-state index in [4.69, 9.17) is 14.2 Å². The molecule has 4 atom stereocenters. The van der Waals surface area contributed by atoms with Crippen molar-refractivity contribution in [2.75, 3.05) is 6.61 Å². The van der Waals surface area contributed by atoms with Crippen LogP contribution >= 0.6 is 0 Å². The maximum Gasteiger partial charge on any atom is 0.208 e. The van der Waals surface area contributed by atoms with Crippen molar-refractivity contribution in [3.05, 3.63) is 47.5 Å². The van der Waals surface area contributed by atoms with Crippen LogP contribution in [-0.4, -0.2) is 18.7 Å². The zero-order valence-electron chi connectivity index (χ0n) is 11.7. The van der Waals surface area contributed by atoms with Gasteiger partial charge in [0.1, 0.15) is 6.10 Å². The van der Waals surface area contributed by atoms with Gasteiger partial charge in [-0.05, 0) is 30.9 Å². The molecule has 3 heterocycles. The van der Waals surface area contributed by atoms with Gasteiger partial charge in [-0.25, -0.2) is 0 Å². The minimum Gasteiger partial charge on any atom is -0.347 e. The van der Waals surface area contributed by atoms with E-state index in [1.165, 1.54) is 5.57 Å². The molecule has 0 unspecified atom stereocenters. The molecule has 3 aliphatic heterocycles. The molecule has 0 aliphatic carbocycles. The lowest BCUT2D eigenvalue weighted by molar-refractivity contribution is -0.275. The van der Waals surface area contributed by atoms with Gasteiger partial charge in [-0.2, -0.15) is 0 Å². The van der Waals surface area contributed by atoms with Gasteiger partial charge in [-0.1, -0.05) is 42.8 Å². The topological polar surface area (TPSA) is 27.7 Å². The molecule has 4 rings (SSSR count). The second-order valence-corrected chi connectivity index (χ2v) is 5.77. The van der Waals surface area contributed by atoms with Gasteiger partial charge in [-0.15, -0.1) is 0 Å². The monoisotopic (exact) mass is 272 g/mol. The quantitative estimate of drug-likeness (QED) is 0.770. The second kappa shape index (κ2) is 4.69. The first kappa shape index (κ1) is 12.6. The molecule has 1 aromatic carbocycles. The Bertz CT molecular complexity index is 524. The largest absolute Gasteiger partial charge is 0.347 e. The maximum atomic E-state index is 6.17. The summed E-state index contributed by atoms with van der Waals surface area (Å²) in [6.07, 6.45) is 5.03. The fraction of sp³-hybridized carbons (Fsp3) is 0.529. The normalized spacial score (nSPS) is 39.2. The van der Waals surface area contributed by atoms with E-state index in [0.717, 1.165) is 31.4 Å². The molecule has 106 valence electrons. The van der Waals surface area contributed by atoms with Crippen molar-refractivity contribution in [2.45, 2.75) is 44.4 Å². The molecular formula is C17H20O3. The summed E-state index contributed by atoms with van der Waals surface area (Å²) >= 11 is 0. The number of rotatable bonds is 2. The summed E-state index contributed by atoms with van der Waals surface area (Å²) in [5, 5.41) is 0. The van der Waals surface area contributed by atoms with Crippen LogP contribution in [-0.2, 0) is 14.2 Å². The maximum absolute atomic E-state index is 6.17. The third kappa shape index (κ3) is 1.70. The number of hydrogen-bond acceptors (Lipinski definition) is 3. The van der Waals surface area contributed by atoms with Crippen LogP contribution in [0.4, 0.5) is 0 Å². The molecule has 0 amide bonds. The molecule has 1 aromatic rings. The summed E-state index contributed by atoms with van der Waals surface area (Å²) in [5.74, 6) is -0.283. The molecule has 20 heavy (non-hydrogen) atoms. The lowest BCUT2D eigenvalue weighted by Gasteiger charge is -2.45. The second-order valence-electron chi connectivity index (χ2n) is 5.77. The molecule has 1 spiro atoms. The molecule has 0 N–H and O–H groups in total. The molecule has 3 nitrogen and oxygen atoms in total. The number of fused-ring (bicyclic) bond motifs is 1. The first-order valence-corrected chi connectivity index (χ1v) is 7.56. The van der Waals surface area contributed by atoms with Crippen molar-refractivity contribution < 1.29 is 14.2 Å². The summed E-state index contributed by atoms with van der Waals surface area (Å²) in [7, 11) is 0. The summed E-state index contributed by atoms with van der Waals surface area (Å²) in [4.78, 5) is 0. The zero-order valence-corrected chi connectivity index (χ0v) is 11.7. The van der Waals surface area contributed by atoms with Crippen LogP contribution in [0.5, 0.6) is 0 Å². The fourth-order valence-corrected chi connectivity index (χ4v) is 3.81. The van der Waals surface area contributed by atoms with Crippen LogP contribution in [0.25, 0.3) is 0 Å². The number of benzene rings is 1. The van der Waals surface area contributed by atoms with Crippen molar-refractivity contribution in [1.29, 1.82) is 0 Å². The molecule has 3 heteroatoms. The standard InChI is InChI=1S/C17H20O3/c1-2-12-11-15-19-16(13-7-4-3-5-8-13)17(20-15)14(12)9-6-10-18-17/h3-5,7-8,11,14-16H,2,6,9-10H2,1H3/t14-,15+,16+,17-/m0/s1. The summed E-state index contributed by atoms with van der Waals surface area (Å²) in [6, 6.07) is 10.3. The van der Waals surface area contributed by atoms with Gasteiger partial charge in [0.25, 0.3) is 0 Å². The molecule has 0 radical (unpaired) electrons. The average Bonchev–Trinajstić information content (AvgIpc) is 2.79. The average molecular weight is 272 g/mol. The Balaban J connectivity index is 1.78. The van der Waals surface area contributed by atoms with E-state index in [9.17, 15) is 0 Å². The van der Waals surface area contributed by atoms with E-state index >= 15 is 0 Å². The van der Waals surface area contributed by atoms with E-state index < -0.39 is 5.79 Å². The lowest BCUT2D eigenvalue weighted by Crippen LogP contribution is -2.50. The first-order chi connectivity index (χ1) is 9.83. The smallest absolute Gasteiger partial charge is 0.208 e. The van der Waals surface area contributed by atoms with Gasteiger partial charge in [0.2, 0.25) is 5.79 Å². The molecule has 3 aliphatic rings. The molecule has 2 bridgehead atoms. The van der Waals surface area contributed by atoms with Crippen molar-refractivity contribution in [1.82, 2.24) is 0 Å². The van der Waals surface area contributed by atoms with Crippen LogP contribution < -0.4 is 0 Å². The summed E-state index contributed by atoms with van der Waals surface area (Å²) in [6.45, 7) is 2.96. The predicted octanol–water partition coefficient (Wildman–Crippen LogP) is 3.57. The summed E-state index contributed by atoms with van der Waals surface area (Å²) < 4.78 is 18.5. The fourth-order valence-electron chi connectivity index (χ4n) is 3.81. The van der Waals surface area contributed by atoms with E-state index in [-0.39, 0.29) is 12.4 Å².